The number of nitrogens with zero attached hydrogens (tertiary/aromatic N) is 1. The molecule has 20 heavy (non-hydrogen) atoms. The monoisotopic (exact) mass is 314 g/mol. The third-order valence-corrected chi connectivity index (χ3v) is 4.53. The predicted molar refractivity (Wildman–Crippen MR) is 83.4 cm³/mol. The lowest BCUT2D eigenvalue weighted by molar-refractivity contribution is -0.132. The van der Waals surface area contributed by atoms with Crippen LogP contribution in [0.25, 0.3) is 0 Å². The van der Waals surface area contributed by atoms with E-state index in [4.69, 9.17) is 23.2 Å². The van der Waals surface area contributed by atoms with Crippen LogP contribution in [0.2, 0.25) is 10.0 Å². The molecular formula is C15H20Cl2N2O. The number of halogens is 2. The molecule has 0 bridgehead atoms. The zero-order valence-electron chi connectivity index (χ0n) is 11.7. The highest BCUT2D eigenvalue weighted by Crippen LogP contribution is 2.23. The third kappa shape index (κ3) is 4.11. The zero-order valence-corrected chi connectivity index (χ0v) is 13.2. The molecule has 2 rings (SSSR count). The molecule has 0 saturated carbocycles. The molecule has 1 saturated heterocycles. The van der Waals surface area contributed by atoms with Crippen molar-refractivity contribution in [1.82, 2.24) is 10.2 Å². The van der Waals surface area contributed by atoms with Gasteiger partial charge in [0.25, 0.3) is 0 Å². The second-order valence-corrected chi connectivity index (χ2v) is 6.03. The smallest absolute Gasteiger partial charge is 0.222 e. The van der Waals surface area contributed by atoms with Gasteiger partial charge in [-0.15, -0.1) is 0 Å². The number of amides is 1. The van der Waals surface area contributed by atoms with E-state index in [9.17, 15) is 4.79 Å². The van der Waals surface area contributed by atoms with E-state index in [1.807, 2.05) is 24.1 Å². The van der Waals surface area contributed by atoms with Crippen molar-refractivity contribution in [1.29, 1.82) is 0 Å². The summed E-state index contributed by atoms with van der Waals surface area (Å²) in [5, 5.41) is 4.35. The first-order chi connectivity index (χ1) is 9.60. The second-order valence-electron chi connectivity index (χ2n) is 5.22. The molecule has 110 valence electrons. The number of hydrogen-bond acceptors (Lipinski definition) is 2. The summed E-state index contributed by atoms with van der Waals surface area (Å²) < 4.78 is 0. The first-order valence-corrected chi connectivity index (χ1v) is 7.74. The maximum Gasteiger partial charge on any atom is 0.222 e. The number of carbonyl (C=O) groups excluding carboxylic acids is 1. The maximum atomic E-state index is 12.2. The molecule has 5 heteroatoms. The van der Waals surface area contributed by atoms with Gasteiger partial charge < -0.3 is 10.2 Å². The molecular weight excluding hydrogens is 295 g/mol. The van der Waals surface area contributed by atoms with Crippen molar-refractivity contribution in [2.24, 2.45) is 0 Å². The van der Waals surface area contributed by atoms with Crippen molar-refractivity contribution < 1.29 is 4.79 Å². The van der Waals surface area contributed by atoms with Gasteiger partial charge in [0.1, 0.15) is 0 Å². The molecule has 1 aliphatic heterocycles. The first kappa shape index (κ1) is 15.6. The summed E-state index contributed by atoms with van der Waals surface area (Å²) in [6, 6.07) is 5.97. The van der Waals surface area contributed by atoms with Crippen molar-refractivity contribution >= 4 is 29.1 Å². The number of hydrogen-bond donors (Lipinski definition) is 1. The maximum absolute atomic E-state index is 12.2. The summed E-state index contributed by atoms with van der Waals surface area (Å²) in [7, 11) is 1.95. The average Bonchev–Trinajstić information content (AvgIpc) is 2.48. The summed E-state index contributed by atoms with van der Waals surface area (Å²) in [5.41, 5.74) is 1.05. The Labute approximate surface area is 130 Å². The van der Waals surface area contributed by atoms with Crippen molar-refractivity contribution in [2.45, 2.75) is 31.7 Å². The highest BCUT2D eigenvalue weighted by molar-refractivity contribution is 6.42. The van der Waals surface area contributed by atoms with Gasteiger partial charge >= 0.3 is 0 Å². The highest BCUT2D eigenvalue weighted by Gasteiger charge is 2.22. The van der Waals surface area contributed by atoms with E-state index in [0.717, 1.165) is 31.5 Å². The van der Waals surface area contributed by atoms with Gasteiger partial charge in [0.15, 0.2) is 0 Å². The minimum absolute atomic E-state index is 0.219. The molecule has 1 aromatic carbocycles. The van der Waals surface area contributed by atoms with Crippen molar-refractivity contribution in [3.8, 4) is 0 Å². The number of nitrogens with one attached hydrogen (secondary N) is 1. The molecule has 0 aromatic heterocycles. The molecule has 1 aliphatic rings. The van der Waals surface area contributed by atoms with Gasteiger partial charge in [-0.25, -0.2) is 0 Å². The fourth-order valence-corrected chi connectivity index (χ4v) is 2.86. The number of likely N-dealkylation sites (N-methyl/N-ethyl adjacent to an activating group) is 1. The number of benzene rings is 1. The van der Waals surface area contributed by atoms with E-state index in [0.29, 0.717) is 28.9 Å². The Kier molecular flexibility index (Phi) is 5.70. The van der Waals surface area contributed by atoms with Gasteiger partial charge in [-0.3, -0.25) is 4.79 Å². The standard InChI is InChI=1S/C15H20Cl2N2O/c1-18-12-3-2-8-19(10-12)15(20)7-5-11-4-6-13(16)14(17)9-11/h4,6,9,12,18H,2-3,5,7-8,10H2,1H3. The van der Waals surface area contributed by atoms with Gasteiger partial charge in [-0.2, -0.15) is 0 Å². The third-order valence-electron chi connectivity index (χ3n) is 3.79. The lowest BCUT2D eigenvalue weighted by Gasteiger charge is -2.32. The Morgan fingerprint density at radius 2 is 2.20 bits per heavy atom. The average molecular weight is 315 g/mol. The topological polar surface area (TPSA) is 32.3 Å². The lowest BCUT2D eigenvalue weighted by Crippen LogP contribution is -2.47. The molecule has 1 unspecified atom stereocenters. The number of carbonyl (C=O) groups is 1. The van der Waals surface area contributed by atoms with E-state index < -0.39 is 0 Å². The van der Waals surface area contributed by atoms with Crippen LogP contribution in [0.4, 0.5) is 0 Å². The predicted octanol–water partition coefficient (Wildman–Crippen LogP) is 3.14. The van der Waals surface area contributed by atoms with Crippen LogP contribution in [0, 0.1) is 0 Å². The lowest BCUT2D eigenvalue weighted by atomic mass is 10.0. The Balaban J connectivity index is 1.86. The van der Waals surface area contributed by atoms with Crippen LogP contribution in [0.3, 0.4) is 0 Å². The van der Waals surface area contributed by atoms with Gasteiger partial charge in [-0.05, 0) is 44.0 Å². The van der Waals surface area contributed by atoms with Crippen molar-refractivity contribution in [3.63, 3.8) is 0 Å². The second kappa shape index (κ2) is 7.30. The van der Waals surface area contributed by atoms with E-state index >= 15 is 0 Å². The Hall–Kier alpha value is -0.770. The summed E-state index contributed by atoms with van der Waals surface area (Å²) in [6.45, 7) is 1.69. The molecule has 1 atom stereocenters. The fourth-order valence-electron chi connectivity index (χ4n) is 2.54. The molecule has 0 spiro atoms. The van der Waals surface area contributed by atoms with Gasteiger partial charge in [0.05, 0.1) is 10.0 Å². The van der Waals surface area contributed by atoms with Gasteiger partial charge in [0.2, 0.25) is 5.91 Å². The molecule has 3 nitrogen and oxygen atoms in total. The zero-order chi connectivity index (χ0) is 14.5. The number of piperidine rings is 1. The SMILES string of the molecule is CNC1CCCN(C(=O)CCc2ccc(Cl)c(Cl)c2)C1. The molecule has 1 heterocycles. The normalized spacial score (nSPS) is 19.1. The van der Waals surface area contributed by atoms with Crippen molar-refractivity contribution in [2.75, 3.05) is 20.1 Å². The molecule has 0 radical (unpaired) electrons. The van der Waals surface area contributed by atoms with E-state index in [1.54, 1.807) is 6.07 Å². The van der Waals surface area contributed by atoms with Gasteiger partial charge in [-0.1, -0.05) is 29.3 Å². The number of rotatable bonds is 4. The van der Waals surface area contributed by atoms with E-state index in [2.05, 4.69) is 5.32 Å². The molecule has 1 fully saturated rings. The first-order valence-electron chi connectivity index (χ1n) is 6.99. The summed E-state index contributed by atoms with van der Waals surface area (Å²) in [4.78, 5) is 14.2. The van der Waals surface area contributed by atoms with Crippen LogP contribution in [0.15, 0.2) is 18.2 Å². The van der Waals surface area contributed by atoms with Gasteiger partial charge in [0, 0.05) is 25.6 Å². The van der Waals surface area contributed by atoms with E-state index in [-0.39, 0.29) is 5.91 Å². The Morgan fingerprint density at radius 1 is 1.40 bits per heavy atom. The highest BCUT2D eigenvalue weighted by atomic mass is 35.5. The molecule has 0 aliphatic carbocycles. The Bertz CT molecular complexity index is 479. The molecule has 1 amide bonds. The summed E-state index contributed by atoms with van der Waals surface area (Å²) in [6.07, 6.45) is 3.45. The number of likely N-dealkylation sites (tertiary alicyclic amines) is 1. The van der Waals surface area contributed by atoms with E-state index in [1.165, 1.54) is 0 Å². The molecule has 1 N–H and O–H groups in total. The number of aryl methyl sites for hydroxylation is 1. The minimum atomic E-state index is 0.219. The summed E-state index contributed by atoms with van der Waals surface area (Å²) >= 11 is 11.9. The van der Waals surface area contributed by atoms with Crippen LogP contribution >= 0.6 is 23.2 Å². The Morgan fingerprint density at radius 3 is 2.90 bits per heavy atom. The minimum Gasteiger partial charge on any atom is -0.341 e. The van der Waals surface area contributed by atoms with Crippen molar-refractivity contribution in [3.05, 3.63) is 33.8 Å². The quantitative estimate of drug-likeness (QED) is 0.926. The largest absolute Gasteiger partial charge is 0.341 e. The van der Waals surface area contributed by atoms with Crippen LogP contribution in [-0.4, -0.2) is 37.0 Å². The van der Waals surface area contributed by atoms with Crippen LogP contribution < -0.4 is 5.32 Å². The van der Waals surface area contributed by atoms with Crippen LogP contribution in [0.1, 0.15) is 24.8 Å². The van der Waals surface area contributed by atoms with Crippen LogP contribution in [-0.2, 0) is 11.2 Å². The molecule has 1 aromatic rings. The van der Waals surface area contributed by atoms with Crippen LogP contribution in [0.5, 0.6) is 0 Å². The summed E-state index contributed by atoms with van der Waals surface area (Å²) in [5.74, 6) is 0.219. The fraction of sp³-hybridized carbons (Fsp3) is 0.533.